The van der Waals surface area contributed by atoms with Crippen LogP contribution in [0.3, 0.4) is 0 Å². The highest BCUT2D eigenvalue weighted by molar-refractivity contribution is 4.96. The maximum Gasteiger partial charge on any atom is 0.128 e. The molecule has 0 aromatic heterocycles. The lowest BCUT2D eigenvalue weighted by molar-refractivity contribution is 0.0190. The molecule has 0 amide bonds. The van der Waals surface area contributed by atoms with Crippen molar-refractivity contribution in [3.05, 3.63) is 0 Å². The number of aliphatic hydroxyl groups is 1. The molecule has 1 aliphatic carbocycles. The summed E-state index contributed by atoms with van der Waals surface area (Å²) >= 11 is 0. The molecule has 1 aliphatic heterocycles. The van der Waals surface area contributed by atoms with Gasteiger partial charge in [-0.1, -0.05) is 0 Å². The number of aliphatic hydroxyl groups excluding tert-OH is 1. The van der Waals surface area contributed by atoms with E-state index in [1.54, 1.807) is 0 Å². The fourth-order valence-electron chi connectivity index (χ4n) is 1.67. The molecule has 0 radical (unpaired) electrons. The van der Waals surface area contributed by atoms with E-state index >= 15 is 0 Å². The number of hydrogen-bond acceptors (Lipinski definition) is 3. The molecule has 2 N–H and O–H groups in total. The van der Waals surface area contributed by atoms with E-state index in [9.17, 15) is 4.39 Å². The number of rotatable bonds is 0. The summed E-state index contributed by atoms with van der Waals surface area (Å²) in [6.45, 7) is 0.530. The second kappa shape index (κ2) is 2.15. The third-order valence-corrected chi connectivity index (χ3v) is 2.29. The van der Waals surface area contributed by atoms with E-state index in [0.717, 1.165) is 0 Å². The van der Waals surface area contributed by atoms with Crippen LogP contribution in [0.15, 0.2) is 0 Å². The number of nitrogens with one attached hydrogen (secondary N) is 1. The molecule has 10 heavy (non-hydrogen) atoms. The van der Waals surface area contributed by atoms with Gasteiger partial charge in [-0.2, -0.15) is 5.48 Å². The van der Waals surface area contributed by atoms with Gasteiger partial charge in [-0.3, -0.25) is 0 Å². The van der Waals surface area contributed by atoms with Gasteiger partial charge < -0.3 is 9.94 Å². The van der Waals surface area contributed by atoms with Crippen LogP contribution >= 0.6 is 0 Å². The first-order valence-electron chi connectivity index (χ1n) is 3.48. The lowest BCUT2D eigenvalue weighted by atomic mass is 10.1. The molecule has 2 rings (SSSR count). The zero-order valence-electron chi connectivity index (χ0n) is 5.46. The maximum absolute atomic E-state index is 12.7. The smallest absolute Gasteiger partial charge is 0.128 e. The fourth-order valence-corrected chi connectivity index (χ4v) is 1.67. The molecule has 0 aromatic rings. The van der Waals surface area contributed by atoms with Gasteiger partial charge in [0.05, 0.1) is 12.6 Å². The molecule has 0 bridgehead atoms. The average Bonchev–Trinajstić information content (AvgIpc) is 2.41. The predicted octanol–water partition coefficient (Wildman–Crippen LogP) is -0.391. The van der Waals surface area contributed by atoms with E-state index in [0.29, 0.717) is 13.0 Å². The zero-order valence-corrected chi connectivity index (χ0v) is 5.46. The molecule has 4 heteroatoms. The van der Waals surface area contributed by atoms with Crippen LogP contribution < -0.4 is 5.48 Å². The van der Waals surface area contributed by atoms with Gasteiger partial charge in [-0.25, -0.2) is 4.39 Å². The van der Waals surface area contributed by atoms with Crippen LogP contribution in [0.5, 0.6) is 0 Å². The van der Waals surface area contributed by atoms with Crippen LogP contribution in [0, 0.1) is 5.92 Å². The molecular formula is C6H10FNO2. The Bertz CT molecular complexity index is 142. The molecule has 58 valence electrons. The normalized spacial score (nSPS) is 53.4. The van der Waals surface area contributed by atoms with Crippen molar-refractivity contribution < 1.29 is 14.3 Å². The summed E-state index contributed by atoms with van der Waals surface area (Å²) in [5.41, 5.74) is 2.61. The molecule has 1 saturated carbocycles. The Labute approximate surface area is 58.1 Å². The van der Waals surface area contributed by atoms with Crippen molar-refractivity contribution in [2.45, 2.75) is 24.7 Å². The van der Waals surface area contributed by atoms with Crippen LogP contribution in [-0.4, -0.2) is 30.0 Å². The maximum atomic E-state index is 12.7. The Morgan fingerprint density at radius 1 is 1.60 bits per heavy atom. The van der Waals surface area contributed by atoms with Crippen molar-refractivity contribution in [1.29, 1.82) is 0 Å². The van der Waals surface area contributed by atoms with Gasteiger partial charge in [0, 0.05) is 5.92 Å². The Morgan fingerprint density at radius 3 is 3.10 bits per heavy atom. The van der Waals surface area contributed by atoms with E-state index in [2.05, 4.69) is 5.48 Å². The summed E-state index contributed by atoms with van der Waals surface area (Å²) in [6, 6.07) is -0.171. The molecule has 0 spiro atoms. The Hall–Kier alpha value is -0.190. The number of alkyl halides is 1. The third-order valence-electron chi connectivity index (χ3n) is 2.29. The summed E-state index contributed by atoms with van der Waals surface area (Å²) in [7, 11) is 0. The Balaban J connectivity index is 2.09. The average molecular weight is 147 g/mol. The van der Waals surface area contributed by atoms with Crippen LogP contribution in [0.25, 0.3) is 0 Å². The van der Waals surface area contributed by atoms with Gasteiger partial charge in [0.25, 0.3) is 0 Å². The zero-order chi connectivity index (χ0) is 7.14. The predicted molar refractivity (Wildman–Crippen MR) is 31.9 cm³/mol. The minimum atomic E-state index is -1.06. The van der Waals surface area contributed by atoms with Crippen molar-refractivity contribution >= 4 is 0 Å². The topological polar surface area (TPSA) is 41.5 Å². The lowest BCUT2D eigenvalue weighted by Gasteiger charge is -2.11. The highest BCUT2D eigenvalue weighted by Crippen LogP contribution is 2.31. The summed E-state index contributed by atoms with van der Waals surface area (Å²) in [6.07, 6.45) is -1.50. The molecular weight excluding hydrogens is 137 g/mol. The summed E-state index contributed by atoms with van der Waals surface area (Å²) in [5, 5.41) is 9.15. The SMILES string of the molecule is O[C@@H]1[C@H]2NOC[C@H]2C[C@@H]1F. The van der Waals surface area contributed by atoms with Gasteiger partial charge in [0.15, 0.2) is 0 Å². The third kappa shape index (κ3) is 0.761. The molecule has 1 saturated heterocycles. The van der Waals surface area contributed by atoms with Gasteiger partial charge in [-0.05, 0) is 6.42 Å². The minimum Gasteiger partial charge on any atom is -0.388 e. The Morgan fingerprint density at radius 2 is 2.40 bits per heavy atom. The van der Waals surface area contributed by atoms with E-state index in [1.165, 1.54) is 0 Å². The monoisotopic (exact) mass is 147 g/mol. The van der Waals surface area contributed by atoms with Crippen LogP contribution in [0.2, 0.25) is 0 Å². The van der Waals surface area contributed by atoms with Crippen molar-refractivity contribution in [2.24, 2.45) is 5.92 Å². The van der Waals surface area contributed by atoms with Gasteiger partial charge in [0.2, 0.25) is 0 Å². The molecule has 1 heterocycles. The number of fused-ring (bicyclic) bond motifs is 1. The standard InChI is InChI=1S/C6H10FNO2/c7-4-1-3-2-10-8-5(3)6(4)9/h3-6,8-9H,1-2H2/t3-,4+,5+,6+/m1/s1. The first-order valence-corrected chi connectivity index (χ1v) is 3.48. The highest BCUT2D eigenvalue weighted by atomic mass is 19.1. The lowest BCUT2D eigenvalue weighted by Crippen LogP contribution is -2.36. The van der Waals surface area contributed by atoms with Crippen molar-refractivity contribution in [1.82, 2.24) is 5.48 Å². The van der Waals surface area contributed by atoms with E-state index in [-0.39, 0.29) is 12.0 Å². The summed E-state index contributed by atoms with van der Waals surface area (Å²) < 4.78 is 12.7. The number of hydroxylamine groups is 1. The van der Waals surface area contributed by atoms with Crippen LogP contribution in [0.1, 0.15) is 6.42 Å². The van der Waals surface area contributed by atoms with Crippen molar-refractivity contribution in [2.75, 3.05) is 6.61 Å². The van der Waals surface area contributed by atoms with E-state index in [1.807, 2.05) is 0 Å². The van der Waals surface area contributed by atoms with Crippen LogP contribution in [0.4, 0.5) is 4.39 Å². The second-order valence-electron chi connectivity index (χ2n) is 2.96. The van der Waals surface area contributed by atoms with E-state index < -0.39 is 12.3 Å². The number of hydrogen-bond donors (Lipinski definition) is 2. The fraction of sp³-hybridized carbons (Fsp3) is 1.00. The molecule has 2 fully saturated rings. The molecule has 2 aliphatic rings. The van der Waals surface area contributed by atoms with Crippen molar-refractivity contribution in [3.63, 3.8) is 0 Å². The van der Waals surface area contributed by atoms with Gasteiger partial charge in [-0.15, -0.1) is 0 Å². The highest BCUT2D eigenvalue weighted by Gasteiger charge is 2.46. The number of halogens is 1. The second-order valence-corrected chi connectivity index (χ2v) is 2.96. The first-order chi connectivity index (χ1) is 4.79. The summed E-state index contributed by atoms with van der Waals surface area (Å²) in [4.78, 5) is 4.85. The minimum absolute atomic E-state index is 0.171. The molecule has 0 aromatic carbocycles. The van der Waals surface area contributed by atoms with Gasteiger partial charge >= 0.3 is 0 Å². The van der Waals surface area contributed by atoms with Gasteiger partial charge in [0.1, 0.15) is 12.3 Å². The molecule has 4 atom stereocenters. The van der Waals surface area contributed by atoms with E-state index in [4.69, 9.17) is 9.94 Å². The quantitative estimate of drug-likeness (QED) is 0.490. The summed E-state index contributed by atoms with van der Waals surface area (Å²) in [5.74, 6) is 0.171. The van der Waals surface area contributed by atoms with Crippen molar-refractivity contribution in [3.8, 4) is 0 Å². The first kappa shape index (κ1) is 6.52. The largest absolute Gasteiger partial charge is 0.388 e. The Kier molecular flexibility index (Phi) is 1.40. The molecule has 3 nitrogen and oxygen atoms in total. The van der Waals surface area contributed by atoms with Crippen LogP contribution in [-0.2, 0) is 4.84 Å². The molecule has 0 unspecified atom stereocenters.